The van der Waals surface area contributed by atoms with Gasteiger partial charge in [0.25, 0.3) is 0 Å². The van der Waals surface area contributed by atoms with Crippen LogP contribution in [-0.2, 0) is 4.79 Å². The van der Waals surface area contributed by atoms with Crippen molar-refractivity contribution in [3.8, 4) is 0 Å². The Kier molecular flexibility index (Phi) is 5.52. The number of halogens is 2. The molecule has 0 aliphatic carbocycles. The van der Waals surface area contributed by atoms with E-state index in [1.165, 1.54) is 42.6 Å². The van der Waals surface area contributed by atoms with Crippen LogP contribution < -0.4 is 5.32 Å². The molecule has 1 aliphatic heterocycles. The van der Waals surface area contributed by atoms with Crippen molar-refractivity contribution in [1.29, 1.82) is 0 Å². The first-order chi connectivity index (χ1) is 12.5. The summed E-state index contributed by atoms with van der Waals surface area (Å²) in [7, 11) is 0. The van der Waals surface area contributed by atoms with E-state index in [2.05, 4.69) is 15.5 Å². The van der Waals surface area contributed by atoms with Crippen molar-refractivity contribution in [2.75, 3.05) is 0 Å². The Morgan fingerprint density at radius 3 is 2.35 bits per heavy atom. The molecule has 132 valence electrons. The minimum atomic E-state index is -0.618. The van der Waals surface area contributed by atoms with Crippen molar-refractivity contribution in [2.24, 2.45) is 10.2 Å². The third-order valence-corrected chi connectivity index (χ3v) is 4.61. The lowest BCUT2D eigenvalue weighted by Gasteiger charge is -2.04. The van der Waals surface area contributed by atoms with Gasteiger partial charge in [0.05, 0.1) is 11.5 Å². The average molecular weight is 373 g/mol. The highest BCUT2D eigenvalue weighted by molar-refractivity contribution is 8.15. The summed E-state index contributed by atoms with van der Waals surface area (Å²) < 4.78 is 25.7. The lowest BCUT2D eigenvalue weighted by Crippen LogP contribution is -2.26. The molecular weight excluding hydrogens is 360 g/mol. The lowest BCUT2D eigenvalue weighted by molar-refractivity contribution is -0.118. The van der Waals surface area contributed by atoms with E-state index in [0.717, 1.165) is 11.8 Å². The lowest BCUT2D eigenvalue weighted by atomic mass is 10.1. The number of Topliss-reactive ketones (excluding diaryl/α,β-unsaturated/α-hetero) is 1. The summed E-state index contributed by atoms with van der Waals surface area (Å²) in [6, 6.07) is 10.9. The molecule has 0 aromatic heterocycles. The van der Waals surface area contributed by atoms with Gasteiger partial charge in [0, 0.05) is 12.0 Å². The molecule has 0 saturated carbocycles. The maximum atomic E-state index is 12.9. The summed E-state index contributed by atoms with van der Waals surface area (Å²) in [5.41, 5.74) is 1.01. The highest BCUT2D eigenvalue weighted by atomic mass is 32.2. The van der Waals surface area contributed by atoms with E-state index < -0.39 is 11.1 Å². The summed E-state index contributed by atoms with van der Waals surface area (Å²) in [5, 5.41) is 9.96. The summed E-state index contributed by atoms with van der Waals surface area (Å²) in [5.74, 6) is -1.36. The van der Waals surface area contributed by atoms with E-state index >= 15 is 0 Å². The molecule has 1 amide bonds. The molecule has 26 heavy (non-hydrogen) atoms. The fourth-order valence-corrected chi connectivity index (χ4v) is 3.13. The minimum absolute atomic E-state index is 0.0250. The number of carbonyl (C=O) groups excluding carboxylic acids is 2. The van der Waals surface area contributed by atoms with Gasteiger partial charge in [0.15, 0.2) is 11.0 Å². The first-order valence-electron chi connectivity index (χ1n) is 7.64. The second-order valence-electron chi connectivity index (χ2n) is 5.43. The average Bonchev–Trinajstić information content (AvgIpc) is 2.97. The van der Waals surface area contributed by atoms with Gasteiger partial charge in [-0.1, -0.05) is 23.9 Å². The highest BCUT2D eigenvalue weighted by Crippen LogP contribution is 2.24. The van der Waals surface area contributed by atoms with E-state index in [4.69, 9.17) is 0 Å². The monoisotopic (exact) mass is 373 g/mol. The van der Waals surface area contributed by atoms with Gasteiger partial charge in [-0.2, -0.15) is 5.10 Å². The summed E-state index contributed by atoms with van der Waals surface area (Å²) >= 11 is 1.10. The number of nitrogens with zero attached hydrogens (tertiary/aromatic N) is 2. The zero-order chi connectivity index (χ0) is 18.5. The molecule has 2 aromatic carbocycles. The molecule has 2 aromatic rings. The standard InChI is InChI=1S/C18H13F2N3O2S/c19-13-5-1-11(2-6-13)10-21-23-18-22-17(25)16(26-18)9-15(24)12-3-7-14(20)8-4-12/h1-8,10,16H,9H2,(H,22,23,25)/b21-10+. The van der Waals surface area contributed by atoms with Crippen molar-refractivity contribution in [2.45, 2.75) is 11.7 Å². The fourth-order valence-electron chi connectivity index (χ4n) is 2.21. The van der Waals surface area contributed by atoms with Crippen molar-refractivity contribution >= 4 is 34.8 Å². The van der Waals surface area contributed by atoms with E-state index in [-0.39, 0.29) is 29.1 Å². The highest BCUT2D eigenvalue weighted by Gasteiger charge is 2.32. The number of benzene rings is 2. The van der Waals surface area contributed by atoms with E-state index in [1.54, 1.807) is 12.1 Å². The van der Waals surface area contributed by atoms with Crippen LogP contribution in [0, 0.1) is 11.6 Å². The van der Waals surface area contributed by atoms with Gasteiger partial charge in [0.2, 0.25) is 5.91 Å². The Morgan fingerprint density at radius 2 is 1.69 bits per heavy atom. The maximum absolute atomic E-state index is 12.9. The third kappa shape index (κ3) is 4.60. The van der Waals surface area contributed by atoms with E-state index in [1.807, 2.05) is 0 Å². The summed E-state index contributed by atoms with van der Waals surface area (Å²) in [6.07, 6.45) is 1.40. The fraction of sp³-hybridized carbons (Fsp3) is 0.111. The van der Waals surface area contributed by atoms with Crippen LogP contribution in [0.15, 0.2) is 58.7 Å². The zero-order valence-corrected chi connectivity index (χ0v) is 14.2. The number of amidine groups is 1. The van der Waals surface area contributed by atoms with Crippen LogP contribution in [-0.4, -0.2) is 28.3 Å². The quantitative estimate of drug-likeness (QED) is 0.497. The Bertz CT molecular complexity index is 880. The first kappa shape index (κ1) is 17.9. The predicted octanol–water partition coefficient (Wildman–Crippen LogP) is 3.16. The van der Waals surface area contributed by atoms with Crippen LogP contribution >= 0.6 is 11.8 Å². The Balaban J connectivity index is 1.60. The molecule has 1 unspecified atom stereocenters. The molecule has 1 fully saturated rings. The van der Waals surface area contributed by atoms with Crippen LogP contribution in [0.4, 0.5) is 8.78 Å². The van der Waals surface area contributed by atoms with Crippen molar-refractivity contribution in [3.05, 3.63) is 71.3 Å². The van der Waals surface area contributed by atoms with E-state index in [0.29, 0.717) is 11.1 Å². The first-order valence-corrected chi connectivity index (χ1v) is 8.52. The van der Waals surface area contributed by atoms with Gasteiger partial charge in [-0.3, -0.25) is 9.59 Å². The second-order valence-corrected chi connectivity index (χ2v) is 6.62. The largest absolute Gasteiger partial charge is 0.303 e. The smallest absolute Gasteiger partial charge is 0.240 e. The molecule has 0 spiro atoms. The number of ketones is 1. The molecule has 0 radical (unpaired) electrons. The van der Waals surface area contributed by atoms with Crippen LogP contribution in [0.25, 0.3) is 0 Å². The summed E-state index contributed by atoms with van der Waals surface area (Å²) in [6.45, 7) is 0. The number of carbonyl (C=O) groups is 2. The van der Waals surface area contributed by atoms with Crippen LogP contribution in [0.1, 0.15) is 22.3 Å². The third-order valence-electron chi connectivity index (χ3n) is 3.54. The normalized spacial score (nSPS) is 18.5. The number of rotatable bonds is 5. The number of nitrogens with one attached hydrogen (secondary N) is 1. The van der Waals surface area contributed by atoms with Gasteiger partial charge in [-0.15, -0.1) is 5.10 Å². The van der Waals surface area contributed by atoms with Crippen molar-refractivity contribution in [1.82, 2.24) is 5.32 Å². The molecule has 0 bridgehead atoms. The molecule has 1 saturated heterocycles. The molecule has 3 rings (SSSR count). The summed E-state index contributed by atoms with van der Waals surface area (Å²) in [4.78, 5) is 24.1. The zero-order valence-electron chi connectivity index (χ0n) is 13.4. The Labute approximate surface area is 152 Å². The Hall–Kier alpha value is -2.87. The van der Waals surface area contributed by atoms with Crippen LogP contribution in [0.5, 0.6) is 0 Å². The molecule has 8 heteroatoms. The molecule has 1 atom stereocenters. The topological polar surface area (TPSA) is 70.9 Å². The van der Waals surface area contributed by atoms with Crippen LogP contribution in [0.2, 0.25) is 0 Å². The molecule has 1 N–H and O–H groups in total. The number of hydrogen-bond donors (Lipinski definition) is 1. The number of amides is 1. The van der Waals surface area contributed by atoms with Crippen LogP contribution in [0.3, 0.4) is 0 Å². The van der Waals surface area contributed by atoms with Crippen molar-refractivity contribution in [3.63, 3.8) is 0 Å². The Morgan fingerprint density at radius 1 is 1.08 bits per heavy atom. The molecule has 1 aliphatic rings. The van der Waals surface area contributed by atoms with Gasteiger partial charge in [0.1, 0.15) is 11.6 Å². The van der Waals surface area contributed by atoms with Crippen molar-refractivity contribution < 1.29 is 18.4 Å². The van der Waals surface area contributed by atoms with Gasteiger partial charge in [-0.05, 0) is 42.0 Å². The predicted molar refractivity (Wildman–Crippen MR) is 96.3 cm³/mol. The second kappa shape index (κ2) is 8.01. The molecular formula is C18H13F2N3O2S. The molecule has 5 nitrogen and oxygen atoms in total. The molecule has 1 heterocycles. The number of hydrogen-bond acceptors (Lipinski definition) is 5. The SMILES string of the molecule is O=C(CC1S/C(=N/N=C/c2ccc(F)cc2)NC1=O)c1ccc(F)cc1. The van der Waals surface area contributed by atoms with Gasteiger partial charge >= 0.3 is 0 Å². The van der Waals surface area contributed by atoms with E-state index in [9.17, 15) is 18.4 Å². The minimum Gasteiger partial charge on any atom is -0.303 e. The maximum Gasteiger partial charge on any atom is 0.240 e. The number of thioether (sulfide) groups is 1. The van der Waals surface area contributed by atoms with Gasteiger partial charge in [-0.25, -0.2) is 8.78 Å². The van der Waals surface area contributed by atoms with Gasteiger partial charge < -0.3 is 5.32 Å².